The summed E-state index contributed by atoms with van der Waals surface area (Å²) in [6.45, 7) is -0.199. The molecule has 1 aromatic heterocycles. The number of likely N-dealkylation sites (tertiary alicyclic amines) is 1. The number of carbonyl (C=O) groups excluding carboxylic acids is 1. The molecular weight excluding hydrogens is 503 g/mol. The maximum Gasteiger partial charge on any atom is 0.407 e. The Morgan fingerprint density at radius 3 is 2.69 bits per heavy atom. The summed E-state index contributed by atoms with van der Waals surface area (Å²) in [7, 11) is 1.18. The highest BCUT2D eigenvalue weighted by Gasteiger charge is 2.43. The van der Waals surface area contributed by atoms with Crippen LogP contribution in [0.2, 0.25) is 5.02 Å². The molecule has 3 heterocycles. The van der Waals surface area contributed by atoms with E-state index >= 15 is 0 Å². The number of esters is 1. The van der Waals surface area contributed by atoms with Crippen molar-refractivity contribution in [3.8, 4) is 0 Å². The number of aromatic nitrogens is 1. The van der Waals surface area contributed by atoms with E-state index in [1.807, 2.05) is 0 Å². The SMILES string of the molecule is COC(=O)C1=C(C2CCN(C(=O)O)CC2C(=O)O)NC(c2nccs2)=NC1c1ccc(F)cc1Cl. The molecule has 1 aromatic carbocycles. The number of carboxylic acids is 1. The summed E-state index contributed by atoms with van der Waals surface area (Å²) in [6, 6.07) is 2.63. The van der Waals surface area contributed by atoms with E-state index in [1.165, 1.54) is 30.6 Å². The number of thiazole rings is 1. The van der Waals surface area contributed by atoms with Crippen molar-refractivity contribution in [1.82, 2.24) is 15.2 Å². The number of nitrogens with one attached hydrogen (secondary N) is 1. The molecule has 0 bridgehead atoms. The number of carboxylic acid groups (broad SMARTS) is 2. The number of amidine groups is 1. The Kier molecular flexibility index (Phi) is 7.03. The van der Waals surface area contributed by atoms with Crippen molar-refractivity contribution < 1.29 is 33.7 Å². The molecule has 3 N–H and O–H groups in total. The van der Waals surface area contributed by atoms with Crippen molar-refractivity contribution in [2.24, 2.45) is 16.8 Å². The van der Waals surface area contributed by atoms with Crippen LogP contribution < -0.4 is 5.32 Å². The Morgan fingerprint density at radius 1 is 1.31 bits per heavy atom. The Hall–Kier alpha value is -3.51. The van der Waals surface area contributed by atoms with E-state index in [2.05, 4.69) is 15.3 Å². The Balaban J connectivity index is 1.90. The van der Waals surface area contributed by atoms with Crippen molar-refractivity contribution in [2.75, 3.05) is 20.2 Å². The zero-order valence-electron chi connectivity index (χ0n) is 18.3. The van der Waals surface area contributed by atoms with Gasteiger partial charge in [-0.25, -0.2) is 19.0 Å². The van der Waals surface area contributed by atoms with Gasteiger partial charge in [0.1, 0.15) is 11.9 Å². The highest BCUT2D eigenvalue weighted by Crippen LogP contribution is 2.41. The molecule has 1 amide bonds. The molecule has 3 unspecified atom stereocenters. The van der Waals surface area contributed by atoms with Gasteiger partial charge in [-0.2, -0.15) is 0 Å². The highest BCUT2D eigenvalue weighted by molar-refractivity contribution is 7.11. The molecule has 0 saturated carbocycles. The maximum absolute atomic E-state index is 13.8. The fraction of sp³-hybridized carbons (Fsp3) is 0.318. The van der Waals surface area contributed by atoms with Crippen LogP contribution in [0.1, 0.15) is 23.0 Å². The summed E-state index contributed by atoms with van der Waals surface area (Å²) in [5.41, 5.74) is 0.567. The number of benzene rings is 1. The molecule has 13 heteroatoms. The lowest BCUT2D eigenvalue weighted by molar-refractivity contribution is -0.145. The third kappa shape index (κ3) is 4.84. The molecule has 0 radical (unpaired) electrons. The first kappa shape index (κ1) is 24.6. The van der Waals surface area contributed by atoms with Crippen LogP contribution in [-0.2, 0) is 14.3 Å². The Labute approximate surface area is 207 Å². The molecule has 2 aliphatic rings. The molecule has 184 valence electrons. The van der Waals surface area contributed by atoms with Crippen LogP contribution in [0.15, 0.2) is 46.0 Å². The quantitative estimate of drug-likeness (QED) is 0.508. The Morgan fingerprint density at radius 2 is 2.09 bits per heavy atom. The number of ether oxygens (including phenoxy) is 1. The molecule has 0 spiro atoms. The number of hydrogen-bond donors (Lipinski definition) is 3. The lowest BCUT2D eigenvalue weighted by Gasteiger charge is -2.39. The summed E-state index contributed by atoms with van der Waals surface area (Å²) < 4.78 is 18.8. The summed E-state index contributed by atoms with van der Waals surface area (Å²) >= 11 is 7.60. The van der Waals surface area contributed by atoms with Crippen LogP contribution in [0, 0.1) is 17.7 Å². The number of hydrogen-bond acceptors (Lipinski definition) is 8. The monoisotopic (exact) mass is 522 g/mol. The van der Waals surface area contributed by atoms with Crippen molar-refractivity contribution >= 4 is 46.8 Å². The Bertz CT molecular complexity index is 1230. The van der Waals surface area contributed by atoms with Gasteiger partial charge >= 0.3 is 18.0 Å². The summed E-state index contributed by atoms with van der Waals surface area (Å²) in [5, 5.41) is 24.6. The molecule has 3 atom stereocenters. The second-order valence-corrected chi connectivity index (χ2v) is 9.20. The number of methoxy groups -OCH3 is 1. The first-order chi connectivity index (χ1) is 16.7. The van der Waals surface area contributed by atoms with E-state index in [-0.39, 0.29) is 41.6 Å². The van der Waals surface area contributed by atoms with E-state index in [9.17, 15) is 29.0 Å². The number of nitrogens with zero attached hydrogens (tertiary/aromatic N) is 3. The normalized spacial score (nSPS) is 22.3. The van der Waals surface area contributed by atoms with E-state index < -0.39 is 41.7 Å². The van der Waals surface area contributed by atoms with Gasteiger partial charge in [0.05, 0.1) is 18.6 Å². The molecule has 0 aliphatic carbocycles. The molecule has 4 rings (SSSR count). The first-order valence-electron chi connectivity index (χ1n) is 10.4. The predicted octanol–water partition coefficient (Wildman–Crippen LogP) is 3.15. The molecular formula is C22H20ClFN4O6S. The summed E-state index contributed by atoms with van der Waals surface area (Å²) in [6.07, 6.45) is 0.463. The van der Waals surface area contributed by atoms with Crippen LogP contribution in [0.5, 0.6) is 0 Å². The second-order valence-electron chi connectivity index (χ2n) is 7.90. The minimum atomic E-state index is -1.23. The molecule has 2 aromatic rings. The second kappa shape index (κ2) is 10.0. The number of allylic oxidation sites excluding steroid dienone is 1. The van der Waals surface area contributed by atoms with E-state index in [0.717, 1.165) is 11.0 Å². The van der Waals surface area contributed by atoms with Crippen molar-refractivity contribution in [3.05, 3.63) is 62.5 Å². The van der Waals surface area contributed by atoms with Gasteiger partial charge in [0.15, 0.2) is 10.8 Å². The number of aliphatic imine (C=N–C) groups is 1. The van der Waals surface area contributed by atoms with Gasteiger partial charge < -0.3 is 25.2 Å². The molecule has 1 fully saturated rings. The fourth-order valence-electron chi connectivity index (χ4n) is 4.31. The van der Waals surface area contributed by atoms with Crippen LogP contribution in [0.25, 0.3) is 0 Å². The molecule has 2 aliphatic heterocycles. The smallest absolute Gasteiger partial charge is 0.407 e. The number of piperidine rings is 1. The number of halogens is 2. The lowest BCUT2D eigenvalue weighted by atomic mass is 9.79. The van der Waals surface area contributed by atoms with Gasteiger partial charge in [0.25, 0.3) is 0 Å². The zero-order chi connectivity index (χ0) is 25.3. The maximum atomic E-state index is 13.8. The van der Waals surface area contributed by atoms with Gasteiger partial charge in [-0.15, -0.1) is 11.3 Å². The summed E-state index contributed by atoms with van der Waals surface area (Å²) in [4.78, 5) is 46.6. The van der Waals surface area contributed by atoms with Crippen LogP contribution in [0.3, 0.4) is 0 Å². The third-order valence-electron chi connectivity index (χ3n) is 5.94. The average Bonchev–Trinajstić information content (AvgIpc) is 3.37. The van der Waals surface area contributed by atoms with Crippen molar-refractivity contribution in [2.45, 2.75) is 12.5 Å². The predicted molar refractivity (Wildman–Crippen MR) is 124 cm³/mol. The van der Waals surface area contributed by atoms with Crippen LogP contribution in [0.4, 0.5) is 9.18 Å². The van der Waals surface area contributed by atoms with Gasteiger partial charge in [-0.05, 0) is 18.6 Å². The van der Waals surface area contributed by atoms with Crippen molar-refractivity contribution in [1.29, 1.82) is 0 Å². The minimum Gasteiger partial charge on any atom is -0.481 e. The molecule has 10 nitrogen and oxygen atoms in total. The topological polar surface area (TPSA) is 141 Å². The van der Waals surface area contributed by atoms with E-state index in [0.29, 0.717) is 10.6 Å². The lowest BCUT2D eigenvalue weighted by Crippen LogP contribution is -2.49. The van der Waals surface area contributed by atoms with E-state index in [1.54, 1.807) is 11.6 Å². The van der Waals surface area contributed by atoms with Crippen molar-refractivity contribution in [3.63, 3.8) is 0 Å². The van der Waals surface area contributed by atoms with Crippen LogP contribution >= 0.6 is 22.9 Å². The molecule has 1 saturated heterocycles. The minimum absolute atomic E-state index is 0.0151. The number of carbonyl (C=O) groups is 3. The first-order valence-corrected chi connectivity index (χ1v) is 11.7. The van der Waals surface area contributed by atoms with Gasteiger partial charge in [-0.1, -0.05) is 17.7 Å². The van der Waals surface area contributed by atoms with Gasteiger partial charge in [0, 0.05) is 46.9 Å². The summed E-state index contributed by atoms with van der Waals surface area (Å²) in [5.74, 6) is -4.21. The highest BCUT2D eigenvalue weighted by atomic mass is 35.5. The zero-order valence-corrected chi connectivity index (χ0v) is 19.8. The fourth-order valence-corrected chi connectivity index (χ4v) is 5.17. The van der Waals surface area contributed by atoms with E-state index in [4.69, 9.17) is 16.3 Å². The third-order valence-corrected chi connectivity index (χ3v) is 7.05. The average molecular weight is 523 g/mol. The van der Waals surface area contributed by atoms with Crippen LogP contribution in [-0.4, -0.2) is 64.2 Å². The number of rotatable bonds is 5. The van der Waals surface area contributed by atoms with Gasteiger partial charge in [-0.3, -0.25) is 9.79 Å². The number of aliphatic carboxylic acids is 1. The molecule has 35 heavy (non-hydrogen) atoms. The standard InChI is InChI=1S/C22H20ClFN4O6S/c1-34-21(31)15-16(11-4-6-28(22(32)33)9-13(11)20(29)30)26-18(19-25-5-7-35-19)27-17(15)12-3-2-10(24)8-14(12)23/h2-3,5,7-8,11,13,17H,4,6,9H2,1H3,(H,26,27)(H,29,30)(H,32,33). The van der Waals surface area contributed by atoms with Gasteiger partial charge in [0.2, 0.25) is 0 Å². The number of amides is 1. The largest absolute Gasteiger partial charge is 0.481 e.